The Morgan fingerprint density at radius 2 is 1.85 bits per heavy atom. The van der Waals surface area contributed by atoms with Crippen LogP contribution in [-0.4, -0.2) is 16.3 Å². The second-order valence-electron chi connectivity index (χ2n) is 4.97. The molecule has 76 valence electrons. The van der Waals surface area contributed by atoms with Crippen LogP contribution in [0.1, 0.15) is 41.5 Å². The summed E-state index contributed by atoms with van der Waals surface area (Å²) in [6.07, 6.45) is 0. The van der Waals surface area contributed by atoms with Crippen molar-refractivity contribution in [2.45, 2.75) is 47.1 Å². The number of hydrogen-bond acceptors (Lipinski definition) is 2. The monoisotopic (exact) mass is 199 g/mol. The lowest BCUT2D eigenvalue weighted by Crippen LogP contribution is -2.39. The zero-order valence-electron chi connectivity index (χ0n) is 9.64. The molecule has 0 spiro atoms. The summed E-state index contributed by atoms with van der Waals surface area (Å²) < 4.78 is 0. The van der Waals surface area contributed by atoms with E-state index in [2.05, 4.69) is 46.4 Å². The van der Waals surface area contributed by atoms with Gasteiger partial charge in [0.15, 0.2) is 0 Å². The van der Waals surface area contributed by atoms with E-state index in [-0.39, 0.29) is 5.54 Å². The molecule has 1 aliphatic heterocycles. The fraction of sp³-hybridized carbons (Fsp3) is 0.818. The fourth-order valence-corrected chi connectivity index (χ4v) is 3.11. The van der Waals surface area contributed by atoms with Crippen molar-refractivity contribution in [1.82, 2.24) is 4.90 Å². The first-order valence-electron chi connectivity index (χ1n) is 4.95. The predicted octanol–water partition coefficient (Wildman–Crippen LogP) is 3.68. The van der Waals surface area contributed by atoms with Crippen molar-refractivity contribution in [1.29, 1.82) is 0 Å². The van der Waals surface area contributed by atoms with Crippen LogP contribution in [0.25, 0.3) is 0 Å². The lowest BCUT2D eigenvalue weighted by molar-refractivity contribution is 0.203. The Balaban J connectivity index is 2.92. The number of allylic oxidation sites excluding steroid dienone is 2. The lowest BCUT2D eigenvalue weighted by atomic mass is 10.0. The van der Waals surface area contributed by atoms with E-state index >= 15 is 0 Å². The summed E-state index contributed by atoms with van der Waals surface area (Å²) in [7, 11) is 0. The van der Waals surface area contributed by atoms with Gasteiger partial charge in [-0.3, -0.25) is 0 Å². The Hall–Kier alpha value is -0.110. The predicted molar refractivity (Wildman–Crippen MR) is 61.6 cm³/mol. The Bertz CT molecular complexity index is 223. The number of rotatable bonds is 1. The molecule has 0 saturated heterocycles. The van der Waals surface area contributed by atoms with Crippen LogP contribution in [0.3, 0.4) is 0 Å². The highest BCUT2D eigenvalue weighted by Gasteiger charge is 2.30. The summed E-state index contributed by atoms with van der Waals surface area (Å²) in [4.78, 5) is 4.03. The van der Waals surface area contributed by atoms with Gasteiger partial charge in [-0.2, -0.15) is 0 Å². The molecule has 0 fully saturated rings. The van der Waals surface area contributed by atoms with E-state index in [1.165, 1.54) is 10.6 Å². The maximum atomic E-state index is 2.53. The molecule has 1 heterocycles. The van der Waals surface area contributed by atoms with Crippen LogP contribution in [0, 0.1) is 5.92 Å². The first kappa shape index (κ1) is 11.0. The number of hydrogen-bond donors (Lipinski definition) is 0. The minimum Gasteiger partial charge on any atom is -0.360 e. The van der Waals surface area contributed by atoms with Crippen LogP contribution in [0.2, 0.25) is 0 Å². The topological polar surface area (TPSA) is 3.24 Å². The molecule has 0 aromatic heterocycles. The third-order valence-electron chi connectivity index (χ3n) is 2.42. The van der Waals surface area contributed by atoms with Gasteiger partial charge in [0.1, 0.15) is 0 Å². The summed E-state index contributed by atoms with van der Waals surface area (Å²) in [6.45, 7) is 13.7. The third kappa shape index (κ3) is 2.22. The molecule has 0 N–H and O–H groups in total. The summed E-state index contributed by atoms with van der Waals surface area (Å²) in [6, 6.07) is 0. The van der Waals surface area contributed by atoms with Crippen LogP contribution < -0.4 is 0 Å². The minimum absolute atomic E-state index is 0.268. The van der Waals surface area contributed by atoms with Gasteiger partial charge >= 0.3 is 0 Å². The molecular formula is C11H21NS. The van der Waals surface area contributed by atoms with Crippen molar-refractivity contribution in [3.63, 3.8) is 0 Å². The smallest absolute Gasteiger partial charge is 0.0685 e. The highest BCUT2D eigenvalue weighted by molar-refractivity contribution is 8.03. The van der Waals surface area contributed by atoms with E-state index in [1.807, 2.05) is 11.8 Å². The Labute approximate surface area is 86.6 Å². The first-order chi connectivity index (χ1) is 5.84. The SMILES string of the molecule is CC1=C(C(C)C)N(C(C)(C)C)CS1. The Kier molecular flexibility index (Phi) is 3.01. The molecule has 2 heteroatoms. The maximum Gasteiger partial charge on any atom is 0.0685 e. The van der Waals surface area contributed by atoms with Crippen molar-refractivity contribution < 1.29 is 0 Å². The minimum atomic E-state index is 0.268. The summed E-state index contributed by atoms with van der Waals surface area (Å²) in [5.74, 6) is 1.78. The van der Waals surface area contributed by atoms with Gasteiger partial charge in [-0.25, -0.2) is 0 Å². The van der Waals surface area contributed by atoms with E-state index in [1.54, 1.807) is 0 Å². The van der Waals surface area contributed by atoms with Gasteiger partial charge in [-0.05, 0) is 33.6 Å². The molecule has 0 bridgehead atoms. The molecule has 0 atom stereocenters. The standard InChI is InChI=1S/C11H21NS/c1-8(2)10-9(3)13-7-12(10)11(4,5)6/h8H,7H2,1-6H3. The molecule has 0 saturated carbocycles. The second-order valence-corrected chi connectivity index (χ2v) is 6.13. The van der Waals surface area contributed by atoms with E-state index in [4.69, 9.17) is 0 Å². The van der Waals surface area contributed by atoms with Crippen LogP contribution in [0.15, 0.2) is 10.6 Å². The average Bonchev–Trinajstić information content (AvgIpc) is 2.28. The van der Waals surface area contributed by atoms with Gasteiger partial charge in [0, 0.05) is 16.1 Å². The molecule has 1 aliphatic rings. The summed E-state index contributed by atoms with van der Waals surface area (Å²) >= 11 is 1.97. The Morgan fingerprint density at radius 3 is 2.15 bits per heavy atom. The van der Waals surface area contributed by atoms with E-state index < -0.39 is 0 Å². The molecule has 0 amide bonds. The van der Waals surface area contributed by atoms with E-state index in [0.717, 1.165) is 5.88 Å². The quantitative estimate of drug-likeness (QED) is 0.634. The molecule has 0 radical (unpaired) electrons. The van der Waals surface area contributed by atoms with E-state index in [0.29, 0.717) is 5.92 Å². The molecule has 0 aliphatic carbocycles. The van der Waals surface area contributed by atoms with Crippen molar-refractivity contribution >= 4 is 11.8 Å². The van der Waals surface area contributed by atoms with Crippen molar-refractivity contribution in [2.75, 3.05) is 5.88 Å². The van der Waals surface area contributed by atoms with Crippen molar-refractivity contribution in [3.05, 3.63) is 10.6 Å². The number of thioether (sulfide) groups is 1. The molecule has 0 aromatic carbocycles. The third-order valence-corrected chi connectivity index (χ3v) is 3.45. The van der Waals surface area contributed by atoms with Gasteiger partial charge in [0.25, 0.3) is 0 Å². The van der Waals surface area contributed by atoms with Crippen LogP contribution in [0.5, 0.6) is 0 Å². The summed E-state index contributed by atoms with van der Waals surface area (Å²) in [5, 5.41) is 0. The Morgan fingerprint density at radius 1 is 1.31 bits per heavy atom. The fourth-order valence-electron chi connectivity index (χ4n) is 1.77. The van der Waals surface area contributed by atoms with Gasteiger partial charge < -0.3 is 4.90 Å². The highest BCUT2D eigenvalue weighted by atomic mass is 32.2. The second kappa shape index (κ2) is 3.56. The normalized spacial score (nSPS) is 19.2. The molecule has 0 aromatic rings. The van der Waals surface area contributed by atoms with Crippen LogP contribution in [0.4, 0.5) is 0 Å². The molecule has 0 unspecified atom stereocenters. The number of nitrogens with zero attached hydrogens (tertiary/aromatic N) is 1. The van der Waals surface area contributed by atoms with Crippen LogP contribution in [-0.2, 0) is 0 Å². The molecular weight excluding hydrogens is 178 g/mol. The molecule has 1 rings (SSSR count). The van der Waals surface area contributed by atoms with E-state index in [9.17, 15) is 0 Å². The van der Waals surface area contributed by atoms with Crippen molar-refractivity contribution in [3.8, 4) is 0 Å². The zero-order valence-corrected chi connectivity index (χ0v) is 10.5. The molecule has 1 nitrogen and oxygen atoms in total. The maximum absolute atomic E-state index is 2.53. The van der Waals surface area contributed by atoms with Crippen molar-refractivity contribution in [2.24, 2.45) is 5.92 Å². The average molecular weight is 199 g/mol. The molecule has 13 heavy (non-hydrogen) atoms. The van der Waals surface area contributed by atoms with Gasteiger partial charge in [0.2, 0.25) is 0 Å². The largest absolute Gasteiger partial charge is 0.360 e. The zero-order chi connectivity index (χ0) is 10.2. The van der Waals surface area contributed by atoms with Gasteiger partial charge in [-0.1, -0.05) is 13.8 Å². The highest BCUT2D eigenvalue weighted by Crippen LogP contribution is 2.39. The lowest BCUT2D eigenvalue weighted by Gasteiger charge is -2.37. The van der Waals surface area contributed by atoms with Crippen LogP contribution >= 0.6 is 11.8 Å². The summed E-state index contributed by atoms with van der Waals surface area (Å²) in [5.41, 5.74) is 1.81. The van der Waals surface area contributed by atoms with Gasteiger partial charge in [-0.15, -0.1) is 11.8 Å². The van der Waals surface area contributed by atoms with Gasteiger partial charge in [0.05, 0.1) is 5.88 Å². The first-order valence-corrected chi connectivity index (χ1v) is 5.94.